The molecule has 0 bridgehead atoms. The van der Waals surface area contributed by atoms with Crippen LogP contribution in [0.4, 0.5) is 0 Å². The van der Waals surface area contributed by atoms with E-state index < -0.39 is 16.0 Å². The molecule has 0 spiro atoms. The predicted molar refractivity (Wildman–Crippen MR) is 66.4 cm³/mol. The van der Waals surface area contributed by atoms with E-state index in [0.717, 1.165) is 0 Å². The molecule has 0 aliphatic carbocycles. The molecule has 6 nitrogen and oxygen atoms in total. The Labute approximate surface area is 106 Å². The van der Waals surface area contributed by atoms with Crippen molar-refractivity contribution < 1.29 is 17.9 Å². The van der Waals surface area contributed by atoms with Gasteiger partial charge in [-0.15, -0.1) is 0 Å². The maximum absolute atomic E-state index is 11.6. The third-order valence-electron chi connectivity index (χ3n) is 2.09. The number of rotatable bonds is 7. The molecule has 100 valence electrons. The summed E-state index contributed by atoms with van der Waals surface area (Å²) in [6, 6.07) is 5.30. The van der Waals surface area contributed by atoms with Crippen LogP contribution in [0.1, 0.15) is 12.6 Å². The summed E-state index contributed by atoms with van der Waals surface area (Å²) in [6.07, 6.45) is 1.91. The van der Waals surface area contributed by atoms with Crippen LogP contribution in [0, 0.1) is 0 Å². The first-order valence-corrected chi connectivity index (χ1v) is 7.21. The molecule has 1 aromatic rings. The van der Waals surface area contributed by atoms with Gasteiger partial charge in [-0.3, -0.25) is 9.78 Å². The first-order chi connectivity index (χ1) is 8.53. The first kappa shape index (κ1) is 14.6. The lowest BCUT2D eigenvalue weighted by molar-refractivity contribution is -0.141. The lowest BCUT2D eigenvalue weighted by Crippen LogP contribution is -2.33. The second-order valence-corrected chi connectivity index (χ2v) is 5.44. The van der Waals surface area contributed by atoms with Crippen LogP contribution in [-0.2, 0) is 26.0 Å². The number of carbonyl (C=O) groups excluding carboxylic acids is 1. The fourth-order valence-electron chi connectivity index (χ4n) is 1.24. The van der Waals surface area contributed by atoms with E-state index in [1.165, 1.54) is 0 Å². The molecule has 1 heterocycles. The Bertz CT molecular complexity index is 473. The maximum atomic E-state index is 11.6. The molecule has 0 amide bonds. The van der Waals surface area contributed by atoms with Gasteiger partial charge in [-0.2, -0.15) is 0 Å². The van der Waals surface area contributed by atoms with E-state index in [4.69, 9.17) is 0 Å². The molecule has 0 atom stereocenters. The van der Waals surface area contributed by atoms with Gasteiger partial charge in [-0.1, -0.05) is 6.07 Å². The Balaban J connectivity index is 2.38. The minimum Gasteiger partial charge on any atom is -0.465 e. The lowest BCUT2D eigenvalue weighted by atomic mass is 10.3. The summed E-state index contributed by atoms with van der Waals surface area (Å²) in [7, 11) is -3.48. The van der Waals surface area contributed by atoms with Gasteiger partial charge in [0.25, 0.3) is 0 Å². The molecule has 7 heteroatoms. The molecular weight excluding hydrogens is 256 g/mol. The van der Waals surface area contributed by atoms with Gasteiger partial charge >= 0.3 is 5.97 Å². The minimum absolute atomic E-state index is 0.108. The maximum Gasteiger partial charge on any atom is 0.320 e. The number of hydrogen-bond acceptors (Lipinski definition) is 5. The van der Waals surface area contributed by atoms with Crippen molar-refractivity contribution in [2.75, 3.05) is 18.9 Å². The molecular formula is C11H16N2O4S. The molecule has 0 aromatic carbocycles. The Kier molecular flexibility index (Phi) is 5.73. The minimum atomic E-state index is -3.48. The van der Waals surface area contributed by atoms with Gasteiger partial charge in [-0.05, 0) is 19.1 Å². The summed E-state index contributed by atoms with van der Waals surface area (Å²) in [6.45, 7) is 1.56. The Hall–Kier alpha value is -1.47. The van der Waals surface area contributed by atoms with Crippen molar-refractivity contribution in [3.05, 3.63) is 30.1 Å². The van der Waals surface area contributed by atoms with Crippen molar-refractivity contribution in [2.45, 2.75) is 13.3 Å². The van der Waals surface area contributed by atoms with Crippen LogP contribution in [-0.4, -0.2) is 38.3 Å². The third-order valence-corrected chi connectivity index (χ3v) is 3.42. The van der Waals surface area contributed by atoms with Gasteiger partial charge in [0.15, 0.2) is 0 Å². The van der Waals surface area contributed by atoms with Gasteiger partial charge in [0.2, 0.25) is 10.0 Å². The normalized spacial score (nSPS) is 11.2. The molecule has 0 aliphatic heterocycles. The molecule has 0 unspecified atom stereocenters. The second-order valence-electron chi connectivity index (χ2n) is 3.52. The third kappa shape index (κ3) is 5.74. The number of aryl methyl sites for hydroxylation is 1. The van der Waals surface area contributed by atoms with Crippen LogP contribution in [0.3, 0.4) is 0 Å². The summed E-state index contributed by atoms with van der Waals surface area (Å²) < 4.78 is 29.9. The van der Waals surface area contributed by atoms with E-state index in [2.05, 4.69) is 14.4 Å². The van der Waals surface area contributed by atoms with E-state index in [1.807, 2.05) is 0 Å². The standard InChI is InChI=1S/C11H16N2O4S/c1-2-17-11(14)9-13-18(15,16)8-6-10-5-3-4-7-12-10/h3-5,7,13H,2,6,8-9H2,1H3. The number of sulfonamides is 1. The van der Waals surface area contributed by atoms with Crippen molar-refractivity contribution in [2.24, 2.45) is 0 Å². The predicted octanol–water partition coefficient (Wildman–Crippen LogP) is 0.107. The van der Waals surface area contributed by atoms with Crippen LogP contribution in [0.15, 0.2) is 24.4 Å². The average molecular weight is 272 g/mol. The number of nitrogens with zero attached hydrogens (tertiary/aromatic N) is 1. The van der Waals surface area contributed by atoms with Crippen LogP contribution >= 0.6 is 0 Å². The summed E-state index contributed by atoms with van der Waals surface area (Å²) in [4.78, 5) is 15.0. The topological polar surface area (TPSA) is 85.4 Å². The summed E-state index contributed by atoms with van der Waals surface area (Å²) in [5.74, 6) is -0.692. The van der Waals surface area contributed by atoms with Gasteiger partial charge in [0.05, 0.1) is 12.4 Å². The largest absolute Gasteiger partial charge is 0.465 e. The highest BCUT2D eigenvalue weighted by Crippen LogP contribution is 1.97. The zero-order chi connectivity index (χ0) is 13.4. The van der Waals surface area contributed by atoms with E-state index >= 15 is 0 Å². The average Bonchev–Trinajstić information content (AvgIpc) is 2.36. The number of nitrogens with one attached hydrogen (secondary N) is 1. The van der Waals surface area contributed by atoms with Gasteiger partial charge in [0, 0.05) is 18.3 Å². The highest BCUT2D eigenvalue weighted by Gasteiger charge is 2.13. The van der Waals surface area contributed by atoms with Crippen molar-refractivity contribution in [3.63, 3.8) is 0 Å². The van der Waals surface area contributed by atoms with Gasteiger partial charge in [0.1, 0.15) is 6.54 Å². The Morgan fingerprint density at radius 1 is 1.44 bits per heavy atom. The van der Waals surface area contributed by atoms with Crippen molar-refractivity contribution in [1.29, 1.82) is 0 Å². The Morgan fingerprint density at radius 2 is 2.22 bits per heavy atom. The number of pyridine rings is 1. The van der Waals surface area contributed by atoms with Crippen molar-refractivity contribution in [1.82, 2.24) is 9.71 Å². The summed E-state index contributed by atoms with van der Waals surface area (Å²) >= 11 is 0. The number of ether oxygens (including phenoxy) is 1. The summed E-state index contributed by atoms with van der Waals surface area (Å²) in [5, 5.41) is 0. The summed E-state index contributed by atoms with van der Waals surface area (Å²) in [5.41, 5.74) is 0.694. The second kappa shape index (κ2) is 7.07. The van der Waals surface area contributed by atoms with E-state index in [0.29, 0.717) is 12.1 Å². The first-order valence-electron chi connectivity index (χ1n) is 5.56. The molecule has 0 aliphatic rings. The quantitative estimate of drug-likeness (QED) is 0.712. The van der Waals surface area contributed by atoms with Crippen LogP contribution in [0.2, 0.25) is 0 Å². The molecule has 18 heavy (non-hydrogen) atoms. The van der Waals surface area contributed by atoms with E-state index in [9.17, 15) is 13.2 Å². The molecule has 0 saturated carbocycles. The van der Waals surface area contributed by atoms with Gasteiger partial charge in [-0.25, -0.2) is 13.1 Å². The number of hydrogen-bond donors (Lipinski definition) is 1. The van der Waals surface area contributed by atoms with Crippen LogP contribution < -0.4 is 4.72 Å². The number of esters is 1. The van der Waals surface area contributed by atoms with E-state index in [-0.39, 0.29) is 18.9 Å². The molecule has 0 saturated heterocycles. The van der Waals surface area contributed by atoms with Crippen LogP contribution in [0.25, 0.3) is 0 Å². The molecule has 1 rings (SSSR count). The number of carbonyl (C=O) groups is 1. The molecule has 1 aromatic heterocycles. The monoisotopic (exact) mass is 272 g/mol. The van der Waals surface area contributed by atoms with E-state index in [1.54, 1.807) is 31.3 Å². The Morgan fingerprint density at radius 3 is 2.83 bits per heavy atom. The molecule has 0 fully saturated rings. The van der Waals surface area contributed by atoms with Crippen molar-refractivity contribution in [3.8, 4) is 0 Å². The highest BCUT2D eigenvalue weighted by atomic mass is 32.2. The fraction of sp³-hybridized carbons (Fsp3) is 0.455. The number of aromatic nitrogens is 1. The lowest BCUT2D eigenvalue weighted by Gasteiger charge is -2.06. The van der Waals surface area contributed by atoms with Gasteiger partial charge < -0.3 is 4.74 Å². The SMILES string of the molecule is CCOC(=O)CNS(=O)(=O)CCc1ccccn1. The zero-order valence-electron chi connectivity index (χ0n) is 10.1. The fourth-order valence-corrected chi connectivity index (χ4v) is 2.20. The van der Waals surface area contributed by atoms with Crippen molar-refractivity contribution >= 4 is 16.0 Å². The molecule has 0 radical (unpaired) electrons. The highest BCUT2D eigenvalue weighted by molar-refractivity contribution is 7.89. The molecule has 1 N–H and O–H groups in total. The zero-order valence-corrected chi connectivity index (χ0v) is 10.9. The van der Waals surface area contributed by atoms with Crippen LogP contribution in [0.5, 0.6) is 0 Å². The smallest absolute Gasteiger partial charge is 0.320 e.